The van der Waals surface area contributed by atoms with E-state index in [9.17, 15) is 10.2 Å². The van der Waals surface area contributed by atoms with Gasteiger partial charge in [0.15, 0.2) is 0 Å². The van der Waals surface area contributed by atoms with Gasteiger partial charge in [0.05, 0.1) is 12.2 Å². The highest BCUT2D eigenvalue weighted by atomic mass is 35.5. The summed E-state index contributed by atoms with van der Waals surface area (Å²) >= 11 is 5.89. The SMILES string of the molecule is CNC(CCN1CC(O)C(O)C1)c1ccc(Cl)cc1. The molecule has 106 valence electrons. The van der Waals surface area contributed by atoms with Gasteiger partial charge in [0, 0.05) is 30.7 Å². The largest absolute Gasteiger partial charge is 0.389 e. The summed E-state index contributed by atoms with van der Waals surface area (Å²) in [5.74, 6) is 0. The lowest BCUT2D eigenvalue weighted by molar-refractivity contribution is 0.0572. The van der Waals surface area contributed by atoms with Crippen molar-refractivity contribution in [1.82, 2.24) is 10.2 Å². The van der Waals surface area contributed by atoms with Crippen LogP contribution in [-0.4, -0.2) is 54.0 Å². The molecule has 2 rings (SSSR count). The second kappa shape index (κ2) is 6.68. The van der Waals surface area contributed by atoms with Crippen LogP contribution in [0.15, 0.2) is 24.3 Å². The summed E-state index contributed by atoms with van der Waals surface area (Å²) in [6, 6.07) is 8.09. The maximum absolute atomic E-state index is 9.52. The fraction of sp³-hybridized carbons (Fsp3) is 0.571. The second-order valence-corrected chi connectivity index (χ2v) is 5.51. The van der Waals surface area contributed by atoms with E-state index in [1.165, 1.54) is 5.56 Å². The van der Waals surface area contributed by atoms with E-state index in [0.717, 1.165) is 18.0 Å². The molecule has 4 nitrogen and oxygen atoms in total. The first kappa shape index (κ1) is 14.8. The summed E-state index contributed by atoms with van der Waals surface area (Å²) in [4.78, 5) is 2.09. The van der Waals surface area contributed by atoms with Crippen molar-refractivity contribution < 1.29 is 10.2 Å². The number of benzene rings is 1. The van der Waals surface area contributed by atoms with Gasteiger partial charge in [-0.1, -0.05) is 23.7 Å². The van der Waals surface area contributed by atoms with Crippen molar-refractivity contribution in [2.75, 3.05) is 26.7 Å². The normalized spacial score (nSPS) is 25.7. The van der Waals surface area contributed by atoms with E-state index in [1.807, 2.05) is 31.3 Å². The molecule has 1 fully saturated rings. The van der Waals surface area contributed by atoms with Crippen molar-refractivity contribution in [2.45, 2.75) is 24.7 Å². The average Bonchev–Trinajstić information content (AvgIpc) is 2.71. The van der Waals surface area contributed by atoms with E-state index in [2.05, 4.69) is 10.2 Å². The molecule has 0 amide bonds. The molecule has 3 N–H and O–H groups in total. The standard InChI is InChI=1S/C14H21ClN2O2/c1-16-12(10-2-4-11(15)5-3-10)6-7-17-8-13(18)14(19)9-17/h2-5,12-14,16,18-19H,6-9H2,1H3. The highest BCUT2D eigenvalue weighted by Crippen LogP contribution is 2.20. The maximum Gasteiger partial charge on any atom is 0.0938 e. The third kappa shape index (κ3) is 3.91. The first-order chi connectivity index (χ1) is 9.10. The second-order valence-electron chi connectivity index (χ2n) is 5.08. The fourth-order valence-corrected chi connectivity index (χ4v) is 2.64. The van der Waals surface area contributed by atoms with Crippen molar-refractivity contribution in [3.8, 4) is 0 Å². The Labute approximate surface area is 119 Å². The van der Waals surface area contributed by atoms with Gasteiger partial charge in [0.2, 0.25) is 0 Å². The minimum Gasteiger partial charge on any atom is -0.389 e. The maximum atomic E-state index is 9.52. The minimum atomic E-state index is -0.608. The first-order valence-corrected chi connectivity index (χ1v) is 6.99. The van der Waals surface area contributed by atoms with Crippen LogP contribution < -0.4 is 5.32 Å². The van der Waals surface area contributed by atoms with Crippen molar-refractivity contribution in [3.63, 3.8) is 0 Å². The number of rotatable bonds is 5. The number of hydrogen-bond acceptors (Lipinski definition) is 4. The average molecular weight is 285 g/mol. The van der Waals surface area contributed by atoms with Gasteiger partial charge in [-0.2, -0.15) is 0 Å². The Balaban J connectivity index is 1.88. The number of aliphatic hydroxyl groups excluding tert-OH is 2. The first-order valence-electron chi connectivity index (χ1n) is 6.61. The molecule has 19 heavy (non-hydrogen) atoms. The summed E-state index contributed by atoms with van der Waals surface area (Å²) in [5.41, 5.74) is 1.20. The van der Waals surface area contributed by atoms with E-state index >= 15 is 0 Å². The Kier molecular flexibility index (Phi) is 5.19. The predicted molar refractivity (Wildman–Crippen MR) is 76.3 cm³/mol. The molecule has 0 aliphatic carbocycles. The van der Waals surface area contributed by atoms with Crippen LogP contribution in [0.5, 0.6) is 0 Å². The van der Waals surface area contributed by atoms with Crippen LogP contribution >= 0.6 is 11.6 Å². The molecule has 1 aromatic carbocycles. The zero-order chi connectivity index (χ0) is 13.8. The molecular weight excluding hydrogens is 264 g/mol. The van der Waals surface area contributed by atoms with Gasteiger partial charge in [-0.05, 0) is 31.2 Å². The zero-order valence-corrected chi connectivity index (χ0v) is 11.8. The lowest BCUT2D eigenvalue weighted by Gasteiger charge is -2.21. The molecule has 0 bridgehead atoms. The van der Waals surface area contributed by atoms with Crippen LogP contribution in [0.25, 0.3) is 0 Å². The Morgan fingerprint density at radius 2 is 1.84 bits per heavy atom. The van der Waals surface area contributed by atoms with Crippen molar-refractivity contribution in [3.05, 3.63) is 34.9 Å². The molecule has 3 unspecified atom stereocenters. The van der Waals surface area contributed by atoms with Crippen LogP contribution in [0.2, 0.25) is 5.02 Å². The third-order valence-corrected chi connectivity index (χ3v) is 3.94. The van der Waals surface area contributed by atoms with E-state index in [-0.39, 0.29) is 6.04 Å². The summed E-state index contributed by atoms with van der Waals surface area (Å²) in [7, 11) is 1.94. The molecule has 1 aliphatic rings. The number of hydrogen-bond donors (Lipinski definition) is 3. The highest BCUT2D eigenvalue weighted by molar-refractivity contribution is 6.30. The molecular formula is C14H21ClN2O2. The molecule has 0 spiro atoms. The van der Waals surface area contributed by atoms with Gasteiger partial charge in [0.1, 0.15) is 0 Å². The molecule has 1 saturated heterocycles. The van der Waals surface area contributed by atoms with Gasteiger partial charge in [-0.25, -0.2) is 0 Å². The van der Waals surface area contributed by atoms with Gasteiger partial charge in [-0.15, -0.1) is 0 Å². The van der Waals surface area contributed by atoms with Gasteiger partial charge in [0.25, 0.3) is 0 Å². The zero-order valence-electron chi connectivity index (χ0n) is 11.1. The van der Waals surface area contributed by atoms with E-state index in [0.29, 0.717) is 13.1 Å². The van der Waals surface area contributed by atoms with Gasteiger partial charge in [-0.3, -0.25) is 4.90 Å². The third-order valence-electron chi connectivity index (χ3n) is 3.69. The lowest BCUT2D eigenvalue weighted by Crippen LogP contribution is -2.27. The number of likely N-dealkylation sites (tertiary alicyclic amines) is 1. The minimum absolute atomic E-state index is 0.257. The number of β-amino-alcohol motifs (C(OH)–C–C–N with tert-alkyl or cyclic N) is 2. The van der Waals surface area contributed by atoms with Crippen LogP contribution in [0.3, 0.4) is 0 Å². The summed E-state index contributed by atoms with van der Waals surface area (Å²) in [6.07, 6.45) is -0.287. The Hall–Kier alpha value is -0.650. The monoisotopic (exact) mass is 284 g/mol. The van der Waals surface area contributed by atoms with Crippen LogP contribution in [-0.2, 0) is 0 Å². The van der Waals surface area contributed by atoms with Crippen molar-refractivity contribution in [2.24, 2.45) is 0 Å². The van der Waals surface area contributed by atoms with Gasteiger partial charge < -0.3 is 15.5 Å². The molecule has 1 aliphatic heterocycles. The molecule has 0 saturated carbocycles. The van der Waals surface area contributed by atoms with E-state index in [1.54, 1.807) is 0 Å². The van der Waals surface area contributed by atoms with Crippen molar-refractivity contribution >= 4 is 11.6 Å². The van der Waals surface area contributed by atoms with Crippen LogP contribution in [0.4, 0.5) is 0 Å². The fourth-order valence-electron chi connectivity index (χ4n) is 2.51. The highest BCUT2D eigenvalue weighted by Gasteiger charge is 2.29. The van der Waals surface area contributed by atoms with E-state index in [4.69, 9.17) is 11.6 Å². The van der Waals surface area contributed by atoms with Crippen LogP contribution in [0.1, 0.15) is 18.0 Å². The Morgan fingerprint density at radius 1 is 1.26 bits per heavy atom. The van der Waals surface area contributed by atoms with Crippen molar-refractivity contribution in [1.29, 1.82) is 0 Å². The molecule has 3 atom stereocenters. The number of nitrogens with one attached hydrogen (secondary N) is 1. The Bertz CT molecular complexity index is 389. The summed E-state index contributed by atoms with van der Waals surface area (Å²) < 4.78 is 0. The number of aliphatic hydroxyl groups is 2. The summed E-state index contributed by atoms with van der Waals surface area (Å²) in [6.45, 7) is 1.96. The quantitative estimate of drug-likeness (QED) is 0.756. The van der Waals surface area contributed by atoms with Crippen LogP contribution in [0, 0.1) is 0 Å². The molecule has 0 aromatic heterocycles. The Morgan fingerprint density at radius 3 is 2.37 bits per heavy atom. The molecule has 1 aromatic rings. The number of nitrogens with zero attached hydrogens (tertiary/aromatic N) is 1. The summed E-state index contributed by atoms with van der Waals surface area (Å²) in [5, 5.41) is 23.1. The lowest BCUT2D eigenvalue weighted by atomic mass is 10.0. The number of halogens is 1. The van der Waals surface area contributed by atoms with E-state index < -0.39 is 12.2 Å². The molecule has 1 heterocycles. The van der Waals surface area contributed by atoms with Gasteiger partial charge >= 0.3 is 0 Å². The molecule has 0 radical (unpaired) electrons. The topological polar surface area (TPSA) is 55.7 Å². The molecule has 5 heteroatoms. The smallest absolute Gasteiger partial charge is 0.0938 e. The predicted octanol–water partition coefficient (Wildman–Crippen LogP) is 1.03.